The molecule has 0 bridgehead atoms. The molecule has 0 heterocycles. The van der Waals surface area contributed by atoms with E-state index in [1.54, 1.807) is 0 Å². The Morgan fingerprint density at radius 1 is 0.600 bits per heavy atom. The molecule has 0 atom stereocenters. The molecule has 0 radical (unpaired) electrons. The van der Waals surface area contributed by atoms with E-state index in [-0.39, 0.29) is 0 Å². The number of hydrogen-bond acceptors (Lipinski definition) is 0. The second kappa shape index (κ2) is 4.76. The number of halogens is 2. The van der Waals surface area contributed by atoms with Crippen molar-refractivity contribution in [3.63, 3.8) is 0 Å². The molecule has 0 unspecified atom stereocenters. The van der Waals surface area contributed by atoms with Crippen molar-refractivity contribution < 1.29 is 0 Å². The predicted molar refractivity (Wildman–Crippen MR) is 69.6 cm³/mol. The van der Waals surface area contributed by atoms with Crippen LogP contribution in [-0.2, 0) is 0 Å². The molecular formula is C12H10Cl2Te. The monoisotopic (exact) mass is 354 g/mol. The average Bonchev–Trinajstić information content (AvgIpc) is 2.31. The Balaban J connectivity index is 2.44. The first-order valence-corrected chi connectivity index (χ1v) is 12.8. The van der Waals surface area contributed by atoms with Gasteiger partial charge in [-0.05, 0) is 0 Å². The van der Waals surface area contributed by atoms with Crippen molar-refractivity contribution in [3.05, 3.63) is 60.7 Å². The molecule has 0 aromatic heterocycles. The third-order valence-corrected chi connectivity index (χ3v) is 11.8. The van der Waals surface area contributed by atoms with Crippen LogP contribution in [0.5, 0.6) is 0 Å². The summed E-state index contributed by atoms with van der Waals surface area (Å²) >= 11 is -3.08. The summed E-state index contributed by atoms with van der Waals surface area (Å²) in [4.78, 5) is 0. The van der Waals surface area contributed by atoms with E-state index >= 15 is 0 Å². The molecule has 78 valence electrons. The van der Waals surface area contributed by atoms with Gasteiger partial charge in [0, 0.05) is 0 Å². The molecule has 3 heteroatoms. The molecule has 0 spiro atoms. The van der Waals surface area contributed by atoms with Crippen LogP contribution < -0.4 is 7.22 Å². The summed E-state index contributed by atoms with van der Waals surface area (Å²) in [5, 5.41) is 0. The number of hydrogen-bond donors (Lipinski definition) is 0. The quantitative estimate of drug-likeness (QED) is 0.729. The van der Waals surface area contributed by atoms with Crippen molar-refractivity contribution in [2.75, 3.05) is 0 Å². The normalized spacial score (nSPS) is 12.4. The fourth-order valence-corrected chi connectivity index (χ4v) is 7.70. The summed E-state index contributed by atoms with van der Waals surface area (Å²) in [6.45, 7) is 0. The molecule has 0 aliphatic rings. The molecule has 2 aromatic rings. The van der Waals surface area contributed by atoms with Gasteiger partial charge in [-0.25, -0.2) is 0 Å². The fourth-order valence-electron chi connectivity index (χ4n) is 1.32. The standard InChI is InChI=1S/C12H10Cl2Te/c13-15(14,11-7-3-1-4-8-11)12-9-5-2-6-10-12/h1-10H. The maximum absolute atomic E-state index is 6.54. The molecule has 0 saturated carbocycles. The van der Waals surface area contributed by atoms with E-state index in [4.69, 9.17) is 17.9 Å². The van der Waals surface area contributed by atoms with Crippen molar-refractivity contribution in [3.8, 4) is 0 Å². The van der Waals surface area contributed by atoms with Gasteiger partial charge >= 0.3 is 102 Å². The van der Waals surface area contributed by atoms with Crippen LogP contribution in [0, 0.1) is 0 Å². The van der Waals surface area contributed by atoms with Crippen LogP contribution in [0.15, 0.2) is 60.7 Å². The van der Waals surface area contributed by atoms with Gasteiger partial charge in [0.2, 0.25) is 0 Å². The van der Waals surface area contributed by atoms with E-state index in [0.29, 0.717) is 0 Å². The average molecular weight is 353 g/mol. The molecule has 0 aliphatic heterocycles. The Hall–Kier alpha value is -0.190. The minimum atomic E-state index is -3.08. The van der Waals surface area contributed by atoms with Gasteiger partial charge in [0.25, 0.3) is 0 Å². The van der Waals surface area contributed by atoms with Crippen LogP contribution in [0.2, 0.25) is 0 Å². The van der Waals surface area contributed by atoms with Crippen LogP contribution in [0.1, 0.15) is 0 Å². The number of benzene rings is 2. The van der Waals surface area contributed by atoms with Crippen LogP contribution in [-0.4, -0.2) is 15.9 Å². The van der Waals surface area contributed by atoms with E-state index in [2.05, 4.69) is 0 Å². The summed E-state index contributed by atoms with van der Waals surface area (Å²) in [7, 11) is 13.1. The van der Waals surface area contributed by atoms with Gasteiger partial charge in [-0.1, -0.05) is 0 Å². The molecule has 15 heavy (non-hydrogen) atoms. The Kier molecular flexibility index (Phi) is 3.59. The second-order valence-corrected chi connectivity index (χ2v) is 15.7. The molecule has 0 nitrogen and oxygen atoms in total. The molecule has 0 saturated heterocycles. The first-order chi connectivity index (χ1) is 7.21. The van der Waals surface area contributed by atoms with Gasteiger partial charge in [0.05, 0.1) is 0 Å². The third-order valence-electron chi connectivity index (χ3n) is 2.08. The summed E-state index contributed by atoms with van der Waals surface area (Å²) in [5.74, 6) is 0. The van der Waals surface area contributed by atoms with E-state index in [1.807, 2.05) is 60.7 Å². The summed E-state index contributed by atoms with van der Waals surface area (Å²) < 4.78 is 2.16. The van der Waals surface area contributed by atoms with E-state index in [9.17, 15) is 0 Å². The fraction of sp³-hybridized carbons (Fsp3) is 0. The summed E-state index contributed by atoms with van der Waals surface area (Å²) in [6.07, 6.45) is 0. The maximum atomic E-state index is 6.54. The van der Waals surface area contributed by atoms with Crippen molar-refractivity contribution >= 4 is 41.1 Å². The predicted octanol–water partition coefficient (Wildman–Crippen LogP) is 2.72. The summed E-state index contributed by atoms with van der Waals surface area (Å²) in [6, 6.07) is 19.9. The zero-order valence-electron chi connectivity index (χ0n) is 7.94. The molecule has 0 N–H and O–H groups in total. The topological polar surface area (TPSA) is 0 Å². The van der Waals surface area contributed by atoms with E-state index in [1.165, 1.54) is 0 Å². The van der Waals surface area contributed by atoms with Crippen molar-refractivity contribution in [1.82, 2.24) is 0 Å². The second-order valence-electron chi connectivity index (χ2n) is 3.10. The van der Waals surface area contributed by atoms with Crippen LogP contribution in [0.25, 0.3) is 0 Å². The van der Waals surface area contributed by atoms with Gasteiger partial charge in [-0.15, -0.1) is 0 Å². The van der Waals surface area contributed by atoms with E-state index in [0.717, 1.165) is 7.22 Å². The van der Waals surface area contributed by atoms with Crippen LogP contribution in [0.4, 0.5) is 0 Å². The Bertz CT molecular complexity index is 384. The molecule has 0 fully saturated rings. The Morgan fingerprint density at radius 3 is 1.27 bits per heavy atom. The van der Waals surface area contributed by atoms with Crippen LogP contribution in [0.3, 0.4) is 0 Å². The Morgan fingerprint density at radius 2 is 0.933 bits per heavy atom. The zero-order valence-corrected chi connectivity index (χ0v) is 11.8. The molecule has 0 amide bonds. The third kappa shape index (κ3) is 2.49. The van der Waals surface area contributed by atoms with Gasteiger partial charge in [0.1, 0.15) is 0 Å². The number of rotatable bonds is 2. The van der Waals surface area contributed by atoms with Crippen molar-refractivity contribution in [2.24, 2.45) is 0 Å². The van der Waals surface area contributed by atoms with Gasteiger partial charge < -0.3 is 0 Å². The Labute approximate surface area is 101 Å². The van der Waals surface area contributed by atoms with E-state index < -0.39 is 15.9 Å². The van der Waals surface area contributed by atoms with Crippen LogP contribution >= 0.6 is 17.9 Å². The van der Waals surface area contributed by atoms with Gasteiger partial charge in [-0.3, -0.25) is 0 Å². The molecule has 0 aliphatic carbocycles. The first kappa shape index (κ1) is 11.3. The zero-order chi connectivity index (χ0) is 10.7. The molecular weight excluding hydrogens is 343 g/mol. The van der Waals surface area contributed by atoms with Crippen molar-refractivity contribution in [2.45, 2.75) is 0 Å². The molecule has 2 aromatic carbocycles. The van der Waals surface area contributed by atoms with Gasteiger partial charge in [-0.2, -0.15) is 0 Å². The molecule has 2 rings (SSSR count). The van der Waals surface area contributed by atoms with Gasteiger partial charge in [0.15, 0.2) is 0 Å². The first-order valence-electron chi connectivity index (χ1n) is 4.54. The summed E-state index contributed by atoms with van der Waals surface area (Å²) in [5.41, 5.74) is 0. The minimum absolute atomic E-state index is 1.08. The van der Waals surface area contributed by atoms with Crippen molar-refractivity contribution in [1.29, 1.82) is 0 Å². The SMILES string of the molecule is Cl[Te](Cl)(c1ccccc1)c1ccccc1.